The zero-order chi connectivity index (χ0) is 13.8. The van der Waals surface area contributed by atoms with Gasteiger partial charge in [-0.25, -0.2) is 9.59 Å². The highest BCUT2D eigenvalue weighted by Crippen LogP contribution is 2.23. The lowest BCUT2D eigenvalue weighted by Crippen LogP contribution is -2.35. The molecule has 3 unspecified atom stereocenters. The fraction of sp³-hybridized carbons (Fsp3) is 0.583. The Morgan fingerprint density at radius 3 is 2.79 bits per heavy atom. The van der Waals surface area contributed by atoms with Gasteiger partial charge in [0.1, 0.15) is 12.5 Å². The first-order valence-electron chi connectivity index (χ1n) is 5.93. The molecule has 0 N–H and O–H groups in total. The number of cyclic esters (lactones) is 1. The summed E-state index contributed by atoms with van der Waals surface area (Å²) in [6, 6.07) is 0. The summed E-state index contributed by atoms with van der Waals surface area (Å²) in [6.45, 7) is 3.59. The van der Waals surface area contributed by atoms with E-state index in [1.807, 2.05) is 0 Å². The Balaban J connectivity index is 1.96. The Morgan fingerprint density at radius 2 is 2.16 bits per heavy atom. The molecule has 2 rings (SSSR count). The molecule has 0 aliphatic carbocycles. The maximum absolute atomic E-state index is 11.9. The predicted octanol–water partition coefficient (Wildman–Crippen LogP) is -0.0631. The van der Waals surface area contributed by atoms with E-state index in [0.29, 0.717) is 13.0 Å². The van der Waals surface area contributed by atoms with E-state index in [1.165, 1.54) is 0 Å². The summed E-state index contributed by atoms with van der Waals surface area (Å²) in [5.74, 6) is -3.18. The summed E-state index contributed by atoms with van der Waals surface area (Å²) in [5.41, 5.74) is 0. The third-order valence-corrected chi connectivity index (χ3v) is 2.85. The van der Waals surface area contributed by atoms with Crippen LogP contribution >= 0.6 is 0 Å². The molecule has 0 aromatic carbocycles. The zero-order valence-corrected chi connectivity index (χ0v) is 10.2. The van der Waals surface area contributed by atoms with Gasteiger partial charge in [0.25, 0.3) is 0 Å². The standard InChI is InChI=1S/C12H14O7/c1-2-8(13)18-10-7(6-17-12(10)15)11(14)19-9-4-3-5-16-9/h2,7,9-10H,1,3-6H2. The highest BCUT2D eigenvalue weighted by atomic mass is 16.7. The lowest BCUT2D eigenvalue weighted by Gasteiger charge is -2.17. The first-order chi connectivity index (χ1) is 9.11. The normalized spacial score (nSPS) is 29.7. The first-order valence-corrected chi connectivity index (χ1v) is 5.93. The molecule has 2 aliphatic rings. The van der Waals surface area contributed by atoms with Crippen molar-refractivity contribution in [1.82, 2.24) is 0 Å². The van der Waals surface area contributed by atoms with E-state index in [-0.39, 0.29) is 6.61 Å². The minimum Gasteiger partial charge on any atom is -0.462 e. The highest BCUT2D eigenvalue weighted by Gasteiger charge is 2.46. The molecule has 7 heteroatoms. The van der Waals surface area contributed by atoms with Crippen LogP contribution in [0.4, 0.5) is 0 Å². The number of carbonyl (C=O) groups excluding carboxylic acids is 3. The van der Waals surface area contributed by atoms with Gasteiger partial charge in [-0.3, -0.25) is 4.79 Å². The third kappa shape index (κ3) is 3.11. The summed E-state index contributed by atoms with van der Waals surface area (Å²) >= 11 is 0. The molecule has 104 valence electrons. The molecule has 0 radical (unpaired) electrons. The Bertz CT molecular complexity index is 397. The lowest BCUT2D eigenvalue weighted by molar-refractivity contribution is -0.179. The van der Waals surface area contributed by atoms with Crippen molar-refractivity contribution < 1.29 is 33.3 Å². The molecule has 2 aliphatic heterocycles. The van der Waals surface area contributed by atoms with Crippen molar-refractivity contribution in [2.45, 2.75) is 25.2 Å². The van der Waals surface area contributed by atoms with E-state index in [0.717, 1.165) is 12.5 Å². The first kappa shape index (κ1) is 13.5. The molecule has 2 saturated heterocycles. The number of ether oxygens (including phenoxy) is 4. The minimum atomic E-state index is -1.28. The quantitative estimate of drug-likeness (QED) is 0.401. The Kier molecular flexibility index (Phi) is 4.16. The van der Waals surface area contributed by atoms with Crippen LogP contribution in [0.15, 0.2) is 12.7 Å². The fourth-order valence-electron chi connectivity index (χ4n) is 1.86. The Morgan fingerprint density at radius 1 is 1.37 bits per heavy atom. The number of hydrogen-bond donors (Lipinski definition) is 0. The van der Waals surface area contributed by atoms with Gasteiger partial charge in [0.05, 0.1) is 6.61 Å². The topological polar surface area (TPSA) is 88.1 Å². The third-order valence-electron chi connectivity index (χ3n) is 2.85. The van der Waals surface area contributed by atoms with Crippen LogP contribution in [0.5, 0.6) is 0 Å². The highest BCUT2D eigenvalue weighted by molar-refractivity contribution is 5.90. The van der Waals surface area contributed by atoms with Gasteiger partial charge in [-0.15, -0.1) is 0 Å². The smallest absolute Gasteiger partial charge is 0.348 e. The van der Waals surface area contributed by atoms with Crippen LogP contribution in [0.1, 0.15) is 12.8 Å². The largest absolute Gasteiger partial charge is 0.462 e. The second-order valence-corrected chi connectivity index (χ2v) is 4.18. The molecule has 0 amide bonds. The molecule has 2 heterocycles. The van der Waals surface area contributed by atoms with E-state index in [2.05, 4.69) is 6.58 Å². The van der Waals surface area contributed by atoms with Crippen molar-refractivity contribution >= 4 is 17.9 Å². The van der Waals surface area contributed by atoms with Gasteiger partial charge in [0, 0.05) is 12.5 Å². The van der Waals surface area contributed by atoms with E-state index >= 15 is 0 Å². The van der Waals surface area contributed by atoms with Crippen LogP contribution in [-0.2, 0) is 33.3 Å². The number of hydrogen-bond acceptors (Lipinski definition) is 7. The predicted molar refractivity (Wildman–Crippen MR) is 59.6 cm³/mol. The lowest BCUT2D eigenvalue weighted by atomic mass is 10.1. The number of carbonyl (C=O) groups is 3. The van der Waals surface area contributed by atoms with Crippen LogP contribution < -0.4 is 0 Å². The molecular formula is C12H14O7. The van der Waals surface area contributed by atoms with E-state index in [4.69, 9.17) is 18.9 Å². The van der Waals surface area contributed by atoms with Gasteiger partial charge in [0.15, 0.2) is 0 Å². The number of esters is 3. The molecule has 0 bridgehead atoms. The average molecular weight is 270 g/mol. The summed E-state index contributed by atoms with van der Waals surface area (Å²) in [6.07, 6.45) is 0.462. The molecule has 2 fully saturated rings. The van der Waals surface area contributed by atoms with Crippen LogP contribution in [0.25, 0.3) is 0 Å². The van der Waals surface area contributed by atoms with Crippen molar-refractivity contribution in [2.24, 2.45) is 5.92 Å². The molecule has 7 nitrogen and oxygen atoms in total. The van der Waals surface area contributed by atoms with Crippen molar-refractivity contribution in [3.05, 3.63) is 12.7 Å². The average Bonchev–Trinajstić information content (AvgIpc) is 3.00. The SMILES string of the molecule is C=CC(=O)OC1C(=O)OCC1C(=O)OC1CCCO1. The maximum Gasteiger partial charge on any atom is 0.348 e. The van der Waals surface area contributed by atoms with E-state index in [1.54, 1.807) is 0 Å². The minimum absolute atomic E-state index is 0.167. The van der Waals surface area contributed by atoms with Crippen LogP contribution in [0.2, 0.25) is 0 Å². The van der Waals surface area contributed by atoms with Crippen molar-refractivity contribution in [3.63, 3.8) is 0 Å². The van der Waals surface area contributed by atoms with Crippen LogP contribution in [0.3, 0.4) is 0 Å². The Hall–Kier alpha value is -1.89. The summed E-state index contributed by atoms with van der Waals surface area (Å²) < 4.78 is 19.7. The fourth-order valence-corrected chi connectivity index (χ4v) is 1.86. The van der Waals surface area contributed by atoms with Gasteiger partial charge in [-0.2, -0.15) is 0 Å². The van der Waals surface area contributed by atoms with E-state index < -0.39 is 36.2 Å². The summed E-state index contributed by atoms with van der Waals surface area (Å²) in [7, 11) is 0. The second-order valence-electron chi connectivity index (χ2n) is 4.18. The van der Waals surface area contributed by atoms with Gasteiger partial charge in [-0.1, -0.05) is 6.58 Å². The van der Waals surface area contributed by atoms with Gasteiger partial charge < -0.3 is 18.9 Å². The molecule has 3 atom stereocenters. The molecule has 0 spiro atoms. The van der Waals surface area contributed by atoms with Gasteiger partial charge >= 0.3 is 17.9 Å². The van der Waals surface area contributed by atoms with E-state index in [9.17, 15) is 14.4 Å². The second kappa shape index (κ2) is 5.83. The Labute approximate surface area is 109 Å². The maximum atomic E-state index is 11.9. The molecule has 0 aromatic rings. The monoisotopic (exact) mass is 270 g/mol. The number of rotatable bonds is 4. The van der Waals surface area contributed by atoms with Crippen LogP contribution in [-0.4, -0.2) is 43.5 Å². The molecular weight excluding hydrogens is 256 g/mol. The van der Waals surface area contributed by atoms with Crippen molar-refractivity contribution in [3.8, 4) is 0 Å². The van der Waals surface area contributed by atoms with Crippen LogP contribution in [0, 0.1) is 5.92 Å². The zero-order valence-electron chi connectivity index (χ0n) is 10.2. The summed E-state index contributed by atoms with van der Waals surface area (Å²) in [5, 5.41) is 0. The molecule has 0 aromatic heterocycles. The molecule has 19 heavy (non-hydrogen) atoms. The van der Waals surface area contributed by atoms with Crippen molar-refractivity contribution in [1.29, 1.82) is 0 Å². The van der Waals surface area contributed by atoms with Crippen molar-refractivity contribution in [2.75, 3.05) is 13.2 Å². The van der Waals surface area contributed by atoms with Gasteiger partial charge in [-0.05, 0) is 6.42 Å². The van der Waals surface area contributed by atoms with Gasteiger partial charge in [0.2, 0.25) is 12.4 Å². The molecule has 0 saturated carbocycles. The summed E-state index contributed by atoms with van der Waals surface area (Å²) in [4.78, 5) is 34.4.